The number of nitrogens with two attached hydrogens (primary N) is 1. The summed E-state index contributed by atoms with van der Waals surface area (Å²) in [6.45, 7) is 0. The van der Waals surface area contributed by atoms with Gasteiger partial charge in [-0.05, 0) is 18.2 Å². The zero-order chi connectivity index (χ0) is 21.9. The lowest BCUT2D eigenvalue weighted by Gasteiger charge is -2.36. The minimum atomic E-state index is -0.862. The van der Waals surface area contributed by atoms with E-state index < -0.39 is 40.8 Å². The SMILES string of the molecule is COC(=O)c1ccccc1N1C(=O)[C@@H]2[C@@H](SC(N)=C3C(=O)Oc4ccccc4[C@H]32)C1=O. The number of para-hydroxylation sites is 2. The van der Waals surface area contributed by atoms with E-state index in [1.54, 1.807) is 36.4 Å². The van der Waals surface area contributed by atoms with Crippen LogP contribution in [0.3, 0.4) is 0 Å². The van der Waals surface area contributed by atoms with Crippen LogP contribution in [0.2, 0.25) is 0 Å². The Morgan fingerprint density at radius 1 is 1.06 bits per heavy atom. The first-order valence-electron chi connectivity index (χ1n) is 9.46. The van der Waals surface area contributed by atoms with Gasteiger partial charge in [-0.1, -0.05) is 42.1 Å². The second-order valence-corrected chi connectivity index (χ2v) is 8.45. The van der Waals surface area contributed by atoms with E-state index in [9.17, 15) is 19.2 Å². The van der Waals surface area contributed by atoms with Crippen molar-refractivity contribution in [3.63, 3.8) is 0 Å². The maximum absolute atomic E-state index is 13.6. The van der Waals surface area contributed by atoms with Crippen LogP contribution < -0.4 is 15.4 Å². The summed E-state index contributed by atoms with van der Waals surface area (Å²) in [7, 11) is 1.23. The molecule has 0 aromatic heterocycles. The highest BCUT2D eigenvalue weighted by molar-refractivity contribution is 8.04. The summed E-state index contributed by atoms with van der Waals surface area (Å²) in [4.78, 5) is 52.9. The highest BCUT2D eigenvalue weighted by atomic mass is 32.2. The second-order valence-electron chi connectivity index (χ2n) is 7.27. The zero-order valence-corrected chi connectivity index (χ0v) is 17.0. The normalized spacial score (nSPS) is 24.4. The summed E-state index contributed by atoms with van der Waals surface area (Å²) in [5.74, 6) is -3.51. The van der Waals surface area contributed by atoms with Crippen molar-refractivity contribution in [2.45, 2.75) is 11.2 Å². The van der Waals surface area contributed by atoms with Gasteiger partial charge in [0.2, 0.25) is 11.8 Å². The van der Waals surface area contributed by atoms with Gasteiger partial charge >= 0.3 is 11.9 Å². The molecule has 2 N–H and O–H groups in total. The van der Waals surface area contributed by atoms with E-state index in [2.05, 4.69) is 0 Å². The molecule has 5 rings (SSSR count). The van der Waals surface area contributed by atoms with Crippen molar-refractivity contribution in [2.24, 2.45) is 11.7 Å². The van der Waals surface area contributed by atoms with Crippen LogP contribution in [0.5, 0.6) is 5.75 Å². The molecule has 3 aliphatic rings. The fourth-order valence-corrected chi connectivity index (χ4v) is 5.63. The summed E-state index contributed by atoms with van der Waals surface area (Å²) >= 11 is 0.980. The molecule has 0 radical (unpaired) electrons. The van der Waals surface area contributed by atoms with Gasteiger partial charge in [0, 0.05) is 11.5 Å². The van der Waals surface area contributed by atoms with E-state index in [-0.39, 0.29) is 21.9 Å². The number of methoxy groups -OCH3 is 1. The maximum Gasteiger partial charge on any atom is 0.342 e. The number of thioether (sulfide) groups is 1. The Labute approximate surface area is 181 Å². The molecule has 0 aliphatic carbocycles. The number of fused-ring (bicyclic) bond motifs is 5. The molecule has 3 heterocycles. The van der Waals surface area contributed by atoms with Crippen LogP contribution in [0.1, 0.15) is 21.8 Å². The third-order valence-corrected chi connectivity index (χ3v) is 6.93. The van der Waals surface area contributed by atoms with Gasteiger partial charge in [0.05, 0.1) is 34.9 Å². The molecule has 0 saturated carbocycles. The Bertz CT molecular complexity index is 1210. The molecule has 0 bridgehead atoms. The third kappa shape index (κ3) is 2.70. The monoisotopic (exact) mass is 436 g/mol. The standard InChI is InChI=1S/C22H16N2O6S/c1-29-21(27)10-6-2-4-8-12(10)24-19(25)15-14-11-7-3-5-9-13(11)30-22(28)16(14)18(23)31-17(15)20(24)26/h2-9,14-15,17H,23H2,1H3/t14-,15-,17+/m0/s1. The Kier molecular flexibility index (Phi) is 4.37. The molecule has 31 heavy (non-hydrogen) atoms. The molecule has 3 aliphatic heterocycles. The fraction of sp³-hybridized carbons (Fsp3) is 0.182. The molecule has 2 amide bonds. The third-order valence-electron chi connectivity index (χ3n) is 5.71. The molecule has 1 fully saturated rings. The molecule has 156 valence electrons. The Hall–Kier alpha value is -3.59. The highest BCUT2D eigenvalue weighted by Crippen LogP contribution is 2.54. The molecular formula is C22H16N2O6S. The predicted molar refractivity (Wildman–Crippen MR) is 111 cm³/mol. The van der Waals surface area contributed by atoms with Crippen LogP contribution in [0.4, 0.5) is 5.69 Å². The van der Waals surface area contributed by atoms with Crippen LogP contribution >= 0.6 is 11.8 Å². The predicted octanol–water partition coefficient (Wildman–Crippen LogP) is 1.95. The summed E-state index contributed by atoms with van der Waals surface area (Å²) in [5.41, 5.74) is 7.23. The Balaban J connectivity index is 1.66. The number of carbonyl (C=O) groups is 4. The molecule has 8 nitrogen and oxygen atoms in total. The highest BCUT2D eigenvalue weighted by Gasteiger charge is 2.59. The lowest BCUT2D eigenvalue weighted by Crippen LogP contribution is -2.39. The van der Waals surface area contributed by atoms with Gasteiger partial charge in [0.15, 0.2) is 0 Å². The van der Waals surface area contributed by atoms with Gasteiger partial charge in [-0.2, -0.15) is 0 Å². The van der Waals surface area contributed by atoms with Gasteiger partial charge in [-0.25, -0.2) is 14.5 Å². The van der Waals surface area contributed by atoms with Crippen molar-refractivity contribution in [3.8, 4) is 5.75 Å². The summed E-state index contributed by atoms with van der Waals surface area (Å²) in [5, 5.41) is -0.666. The number of amides is 2. The molecule has 2 aromatic carbocycles. The zero-order valence-electron chi connectivity index (χ0n) is 16.2. The topological polar surface area (TPSA) is 116 Å². The van der Waals surface area contributed by atoms with E-state index >= 15 is 0 Å². The van der Waals surface area contributed by atoms with E-state index in [0.29, 0.717) is 11.3 Å². The largest absolute Gasteiger partial charge is 0.465 e. The number of esters is 2. The fourth-order valence-electron chi connectivity index (χ4n) is 4.39. The van der Waals surface area contributed by atoms with Crippen molar-refractivity contribution in [1.29, 1.82) is 0 Å². The quantitative estimate of drug-likeness (QED) is 0.431. The van der Waals surface area contributed by atoms with Crippen LogP contribution in [0, 0.1) is 5.92 Å². The molecule has 3 atom stereocenters. The molecule has 9 heteroatoms. The number of hydrogen-bond acceptors (Lipinski definition) is 8. The van der Waals surface area contributed by atoms with Crippen LogP contribution in [0.25, 0.3) is 0 Å². The van der Waals surface area contributed by atoms with Crippen molar-refractivity contribution in [2.75, 3.05) is 12.0 Å². The van der Waals surface area contributed by atoms with E-state index in [1.165, 1.54) is 19.2 Å². The molecule has 1 saturated heterocycles. The first-order chi connectivity index (χ1) is 14.9. The van der Waals surface area contributed by atoms with E-state index in [4.69, 9.17) is 15.2 Å². The molecular weight excluding hydrogens is 420 g/mol. The average molecular weight is 436 g/mol. The second kappa shape index (κ2) is 6.98. The molecule has 2 aromatic rings. The number of hydrogen-bond donors (Lipinski definition) is 1. The summed E-state index contributed by atoms with van der Waals surface area (Å²) in [6, 6.07) is 13.1. The van der Waals surface area contributed by atoms with Crippen molar-refractivity contribution < 1.29 is 28.7 Å². The molecule has 0 unspecified atom stereocenters. The summed E-state index contributed by atoms with van der Waals surface area (Å²) < 4.78 is 10.2. The van der Waals surface area contributed by atoms with E-state index in [0.717, 1.165) is 16.7 Å². The first-order valence-corrected chi connectivity index (χ1v) is 10.3. The number of rotatable bonds is 2. The summed E-state index contributed by atoms with van der Waals surface area (Å²) in [6.07, 6.45) is 0. The number of nitrogens with zero attached hydrogens (tertiary/aromatic N) is 1. The lowest BCUT2D eigenvalue weighted by atomic mass is 9.77. The number of benzene rings is 2. The number of ether oxygens (including phenoxy) is 2. The number of imide groups is 1. The average Bonchev–Trinajstić information content (AvgIpc) is 3.02. The number of carbonyl (C=O) groups excluding carboxylic acids is 4. The first kappa shape index (κ1) is 19.4. The van der Waals surface area contributed by atoms with Gasteiger partial charge in [-0.3, -0.25) is 9.59 Å². The van der Waals surface area contributed by atoms with Crippen LogP contribution in [-0.4, -0.2) is 36.1 Å². The maximum atomic E-state index is 13.6. The Morgan fingerprint density at radius 2 is 1.77 bits per heavy atom. The van der Waals surface area contributed by atoms with Crippen LogP contribution in [0.15, 0.2) is 59.1 Å². The minimum Gasteiger partial charge on any atom is -0.465 e. The lowest BCUT2D eigenvalue weighted by molar-refractivity contribution is -0.131. The molecule has 0 spiro atoms. The minimum absolute atomic E-state index is 0.0972. The van der Waals surface area contributed by atoms with Crippen molar-refractivity contribution in [3.05, 3.63) is 70.3 Å². The Morgan fingerprint density at radius 3 is 2.55 bits per heavy atom. The smallest absolute Gasteiger partial charge is 0.342 e. The van der Waals surface area contributed by atoms with Crippen molar-refractivity contribution in [1.82, 2.24) is 0 Å². The van der Waals surface area contributed by atoms with Gasteiger partial charge in [0.1, 0.15) is 11.0 Å². The van der Waals surface area contributed by atoms with Crippen molar-refractivity contribution >= 4 is 41.2 Å². The van der Waals surface area contributed by atoms with Gasteiger partial charge < -0.3 is 15.2 Å². The van der Waals surface area contributed by atoms with Gasteiger partial charge in [-0.15, -0.1) is 0 Å². The van der Waals surface area contributed by atoms with E-state index in [1.807, 2.05) is 0 Å². The number of anilines is 1. The van der Waals surface area contributed by atoms with Gasteiger partial charge in [0.25, 0.3) is 0 Å². The van der Waals surface area contributed by atoms with Crippen LogP contribution in [-0.2, 0) is 19.1 Å².